The number of nitrogens with two attached hydrogens (primary N) is 4. The number of aromatic hydroxyl groups is 1. The molecular weight excluding hydrogens is 2390 g/mol. The SMILES string of the molecule is Nc1ncc(Br)cc1O.O=CC(F)(F)F.O=CO[O-].[2H]C([2H])([2H])C([2H])(Br)c1cc(F)ccc1C(=O)OC.[2H]C([2H])([2H])C([2H])(Oc1cc(-c2c(CN(C)C(=O)OC(C)(C)C)nn(C)c2[N+]#[C-])cnc1N)c1cc(F)ccc1C(=O)O.[2H]C([2H])([2H])C([2H])(Oc1cc(-c2c(CN(C)C(=O)OC(C)(C)C)nn(C)c2[N+]#[C-])cnc1N)c1cc(F)ccc1C(=O)OC.[2H]C([2H])([2H])C([2H])(Oc1cc(Br)cnc1N)c1cc(F)ccc1C(=O)OC.[Cs+].[Cs+].[Cs+].[F-].[H-].[Li+].[OH-]. The number of carboxylic acid groups (broad SMARTS) is 1. The Labute approximate surface area is 1030 Å². The zero-order chi connectivity index (χ0) is 114. The molecule has 0 saturated heterocycles. The maximum absolute atomic E-state index is 14.3. The van der Waals surface area contributed by atoms with E-state index in [0.717, 1.165) is 82.0 Å². The molecule has 0 radical (unpaired) electrons. The van der Waals surface area contributed by atoms with E-state index in [0.29, 0.717) is 21.1 Å². The third-order valence-electron chi connectivity index (χ3n) is 15.8. The Morgan fingerprint density at radius 3 is 1.14 bits per heavy atom. The van der Waals surface area contributed by atoms with Gasteiger partial charge in [0.1, 0.15) is 64.1 Å². The number of aldehydes is 1. The van der Waals surface area contributed by atoms with Gasteiger partial charge in [-0.15, -0.1) is 10.2 Å². The van der Waals surface area contributed by atoms with E-state index in [-0.39, 0.29) is 353 Å². The number of nitrogen functional groups attached to an aromatic ring is 4. The molecule has 10 aromatic rings. The molecule has 10 rings (SSSR count). The second-order valence-electron chi connectivity index (χ2n) is 27.7. The third kappa shape index (κ3) is 42.9. The first-order valence-corrected chi connectivity index (χ1v) is 38.7. The summed E-state index contributed by atoms with van der Waals surface area (Å²) in [5.74, 6) is -9.61. The second kappa shape index (κ2) is 63.4. The van der Waals surface area contributed by atoms with Crippen LogP contribution in [-0.4, -0.2) is 167 Å². The molecule has 0 aliphatic heterocycles. The molecule has 0 aliphatic rings. The molecule has 0 spiro atoms. The molecule has 138 heavy (non-hydrogen) atoms. The molecule has 0 aliphatic carbocycles. The third-order valence-corrected chi connectivity index (χ3v) is 17.1. The van der Waals surface area contributed by atoms with Crippen molar-refractivity contribution in [2.45, 2.75) is 122 Å². The number of alkyl halides is 4. The Hall–Kier alpha value is -7.61. The fourth-order valence-electron chi connectivity index (χ4n) is 10.1. The first-order valence-electron chi connectivity index (χ1n) is 44.4. The number of aromatic nitrogens is 8. The van der Waals surface area contributed by atoms with E-state index in [2.05, 4.69) is 102 Å². The van der Waals surface area contributed by atoms with Gasteiger partial charge in [0.05, 0.1) is 74.9 Å². The van der Waals surface area contributed by atoms with Crippen LogP contribution < -0.4 is 273 Å². The summed E-state index contributed by atoms with van der Waals surface area (Å²) in [5, 5.41) is 35.6. The standard InChI is InChI=1S/C27H31FN6O5.C26H29FN6O5.C15H14BrFN2O3.C10H10BrFO2.C5H5BrN2O.C2HF3O.CH2O3.3Cs.FH.Li.H2O.H/c1-15(19-12-17(28)9-10-18(19)25(35)37-8)38-21-11-16(13-31-23(21)29)22-20(32-34(7)24(22)30-5)14-33(6)26(36)39-27(2,3)4;1-14(18-11-16(27)8-9-17(18)24(34)35)37-20-10-15(12-30-22(20)28)21-19(31-33(7)23(21)29-5)13-32(6)25(36)38-26(2,3)4;1-8(22-13-5-9(16)7-19-14(13)18)12-6-10(17)3-4-11(12)15(20)21-2;1-6(11)9-5-7(12)3-4-8(9)10(13)14-2;6-3-1-4(9)5(7)8-2-3;3-2(4,5)1-6;2-1-4-3;;;;;;;/h9-13,15H,14H2,1-4,6-8H3,(H2,29,31);8-12,14H,13H2,1-4,6-7H3,(H2,28,30)(H,34,35);3-8H,1-2H3,(H2,18,19);3-6H,1-2H3;1-2,9H,(H2,7,8);1H;1,3H;;;;1H;;1H2;/q;;;;;;;3*+1;;+1;;-1/p-3/i1D3,15D;1D3,14D;1D3,8D;1D3,6D;;;;;;;;;;. The molecular formula is C86H93Br3Cs3F8LiN16O21. The van der Waals surface area contributed by atoms with E-state index < -0.39 is 173 Å². The maximum atomic E-state index is 14.3. The number of ether oxygens (including phenoxy) is 8. The van der Waals surface area contributed by atoms with Crippen LogP contribution in [0.1, 0.15) is 190 Å². The van der Waals surface area contributed by atoms with E-state index >= 15 is 0 Å². The minimum atomic E-state index is -4.64. The summed E-state index contributed by atoms with van der Waals surface area (Å²) < 4.78 is 259. The minimum Gasteiger partial charge on any atom is -1.00 e. The van der Waals surface area contributed by atoms with Crippen molar-refractivity contribution in [3.05, 3.63) is 233 Å². The van der Waals surface area contributed by atoms with E-state index in [1.165, 1.54) is 96.4 Å². The Morgan fingerprint density at radius 1 is 0.558 bits per heavy atom. The number of hydrogen-bond acceptors (Lipinski definition) is 30. The summed E-state index contributed by atoms with van der Waals surface area (Å²) in [6, 6.07) is 15.7. The number of amides is 2. The molecule has 4 unspecified atom stereocenters. The van der Waals surface area contributed by atoms with Crippen LogP contribution in [-0.2, 0) is 65.3 Å². The van der Waals surface area contributed by atoms with Crippen molar-refractivity contribution in [1.82, 2.24) is 49.3 Å². The Kier molecular flexibility index (Phi) is 48.8. The molecule has 11 N–H and O–H groups in total. The van der Waals surface area contributed by atoms with Gasteiger partial charge >= 0.3 is 268 Å². The number of esters is 3. The molecule has 6 aromatic heterocycles. The summed E-state index contributed by atoms with van der Waals surface area (Å²) in [6.45, 7) is 12.8. The number of halogens is 11. The molecule has 0 bridgehead atoms. The van der Waals surface area contributed by atoms with Gasteiger partial charge in [0.2, 0.25) is 6.29 Å². The molecule has 724 valence electrons. The quantitative estimate of drug-likeness (QED) is 0.00688. The van der Waals surface area contributed by atoms with Crippen LogP contribution in [0.3, 0.4) is 0 Å². The zero-order valence-electron chi connectivity index (χ0n) is 93.1. The van der Waals surface area contributed by atoms with Crippen LogP contribution in [0.25, 0.3) is 31.9 Å². The predicted molar refractivity (Wildman–Crippen MR) is 477 cm³/mol. The second-order valence-corrected chi connectivity index (χ2v) is 30.4. The van der Waals surface area contributed by atoms with Gasteiger partial charge in [0, 0.05) is 98.3 Å². The maximum Gasteiger partial charge on any atom is 1.00 e. The smallest absolute Gasteiger partial charge is 1.00 e. The van der Waals surface area contributed by atoms with Crippen molar-refractivity contribution in [2.75, 3.05) is 58.4 Å². The van der Waals surface area contributed by atoms with Crippen LogP contribution in [0.4, 0.5) is 75.2 Å². The van der Waals surface area contributed by atoms with Crippen molar-refractivity contribution in [3.8, 4) is 45.3 Å². The number of carbonyl (C=O) groups excluding carboxylic acids is 7. The van der Waals surface area contributed by atoms with Gasteiger partial charge in [-0.2, -0.15) is 13.2 Å². The normalized spacial score (nSPS) is 14.0. The van der Waals surface area contributed by atoms with Gasteiger partial charge in [-0.25, -0.2) is 75.6 Å². The van der Waals surface area contributed by atoms with Crippen LogP contribution in [0.15, 0.2) is 131 Å². The Balaban J connectivity index is -0.000000941. The topological polar surface area (TPSA) is 520 Å². The van der Waals surface area contributed by atoms with Crippen LogP contribution in [0.2, 0.25) is 0 Å². The Morgan fingerprint density at radius 2 is 0.855 bits per heavy atom. The van der Waals surface area contributed by atoms with Crippen molar-refractivity contribution in [1.29, 1.82) is 0 Å². The molecule has 37 nitrogen and oxygen atoms in total. The van der Waals surface area contributed by atoms with Crippen molar-refractivity contribution < 1.29 is 386 Å². The van der Waals surface area contributed by atoms with E-state index in [1.54, 1.807) is 41.5 Å². The number of pyridine rings is 4. The summed E-state index contributed by atoms with van der Waals surface area (Å²) in [6.07, 6.45) is -10.6. The van der Waals surface area contributed by atoms with Crippen molar-refractivity contribution >= 4 is 132 Å². The van der Waals surface area contributed by atoms with E-state index in [4.69, 9.17) is 106 Å². The summed E-state index contributed by atoms with van der Waals surface area (Å²) in [5.41, 5.74) is 18.9. The number of nitrogens with zero attached hydrogens (tertiary/aromatic N) is 12. The minimum absolute atomic E-state index is 0. The summed E-state index contributed by atoms with van der Waals surface area (Å²) >= 11 is 8.98. The van der Waals surface area contributed by atoms with Crippen molar-refractivity contribution in [2.24, 2.45) is 14.1 Å². The van der Waals surface area contributed by atoms with E-state index in [9.17, 15) is 64.6 Å². The van der Waals surface area contributed by atoms with Crippen LogP contribution >= 0.6 is 47.8 Å². The number of rotatable bonds is 21. The van der Waals surface area contributed by atoms with Gasteiger partial charge in [0.25, 0.3) is 18.1 Å². The number of hydrogen-bond donors (Lipinski definition) is 6. The molecule has 4 aromatic carbocycles. The van der Waals surface area contributed by atoms with Gasteiger partial charge in [-0.1, -0.05) is 29.1 Å². The fourth-order valence-corrected chi connectivity index (χ4v) is 11.1. The predicted octanol–water partition coefficient (Wildman–Crippen LogP) is 1.84. The first-order chi connectivity index (χ1) is 67.9. The number of methoxy groups -OCH3 is 3. The number of aromatic carboxylic acids is 1. The fraction of sp³-hybridized carbons (Fsp3) is 0.302. The largest absolute Gasteiger partial charge is 1.00 e. The number of carboxylic acids is 1. The first kappa shape index (κ1) is 106. The van der Waals surface area contributed by atoms with Crippen LogP contribution in [0.5, 0.6) is 23.0 Å². The molecule has 2 amide bonds. The van der Waals surface area contributed by atoms with Gasteiger partial charge < -0.3 is 112 Å². The number of benzene rings is 4. The van der Waals surface area contributed by atoms with Crippen molar-refractivity contribution in [3.63, 3.8) is 0 Å². The van der Waals surface area contributed by atoms with E-state index in [1.807, 2.05) is 0 Å². The van der Waals surface area contributed by atoms with Gasteiger partial charge in [-0.3, -0.25) is 9.59 Å². The number of carbonyl (C=O) groups is 8. The summed E-state index contributed by atoms with van der Waals surface area (Å²) in [4.78, 5) is 116. The zero-order valence-corrected chi connectivity index (χ0v) is 99.7. The van der Waals surface area contributed by atoms with Crippen LogP contribution in [0, 0.1) is 36.4 Å². The van der Waals surface area contributed by atoms with Gasteiger partial charge in [-0.05, 0) is 215 Å². The average Bonchev–Trinajstić information content (AvgIpc) is 1.16. The average molecular weight is 2500 g/mol. The van der Waals surface area contributed by atoms with Gasteiger partial charge in [0.15, 0.2) is 46.3 Å². The molecule has 6 heterocycles. The molecule has 4 atom stereocenters. The number of aryl methyl sites for hydroxylation is 2. The monoisotopic (exact) mass is 2500 g/mol. The Bertz CT molecular complexity index is 6640. The number of anilines is 4. The molecule has 0 saturated carbocycles. The molecule has 0 fully saturated rings. The summed E-state index contributed by atoms with van der Waals surface area (Å²) in [7, 11) is 9.24. The molecule has 52 heteroatoms.